The van der Waals surface area contributed by atoms with Gasteiger partial charge in [0.25, 0.3) is 0 Å². The van der Waals surface area contributed by atoms with E-state index in [-0.39, 0.29) is 0 Å². The van der Waals surface area contributed by atoms with Crippen molar-refractivity contribution < 1.29 is 4.74 Å². The van der Waals surface area contributed by atoms with Crippen molar-refractivity contribution in [1.29, 1.82) is 0 Å². The van der Waals surface area contributed by atoms with Crippen molar-refractivity contribution in [3.8, 4) is 0 Å². The van der Waals surface area contributed by atoms with Gasteiger partial charge < -0.3 is 10.1 Å². The fraction of sp³-hybridized carbons (Fsp3) is 1.00. The van der Waals surface area contributed by atoms with E-state index in [4.69, 9.17) is 4.74 Å². The summed E-state index contributed by atoms with van der Waals surface area (Å²) in [6.07, 6.45) is 7.98. The van der Waals surface area contributed by atoms with Crippen molar-refractivity contribution in [2.45, 2.75) is 70.2 Å². The predicted octanol–water partition coefficient (Wildman–Crippen LogP) is 2.02. The van der Waals surface area contributed by atoms with Crippen LogP contribution >= 0.6 is 0 Å². The Kier molecular flexibility index (Phi) is 3.92. The van der Waals surface area contributed by atoms with Crippen molar-refractivity contribution in [2.24, 2.45) is 5.92 Å². The predicted molar refractivity (Wildman–Crippen MR) is 73.7 cm³/mol. The minimum Gasteiger partial charge on any atom is -0.373 e. The third kappa shape index (κ3) is 2.89. The molecule has 3 rings (SSSR count). The molecule has 3 fully saturated rings. The van der Waals surface area contributed by atoms with E-state index in [2.05, 4.69) is 24.1 Å². The largest absolute Gasteiger partial charge is 0.373 e. The minimum absolute atomic E-state index is 0.400. The van der Waals surface area contributed by atoms with Gasteiger partial charge in [0.2, 0.25) is 0 Å². The smallest absolute Gasteiger partial charge is 0.0678 e. The van der Waals surface area contributed by atoms with Crippen LogP contribution in [0.1, 0.15) is 46.0 Å². The van der Waals surface area contributed by atoms with Crippen LogP contribution in [0.5, 0.6) is 0 Å². The number of hydrogen-bond acceptors (Lipinski definition) is 3. The highest BCUT2D eigenvalue weighted by Crippen LogP contribution is 2.33. The lowest BCUT2D eigenvalue weighted by molar-refractivity contribution is -0.0695. The molecule has 3 unspecified atom stereocenters. The number of morpholine rings is 1. The molecule has 0 amide bonds. The van der Waals surface area contributed by atoms with Crippen LogP contribution in [0.4, 0.5) is 0 Å². The van der Waals surface area contributed by atoms with Gasteiger partial charge in [0.05, 0.1) is 12.2 Å². The number of nitrogens with zero attached hydrogens (tertiary/aromatic N) is 1. The summed E-state index contributed by atoms with van der Waals surface area (Å²) in [7, 11) is 0. The van der Waals surface area contributed by atoms with Gasteiger partial charge in [-0.3, -0.25) is 4.90 Å². The summed E-state index contributed by atoms with van der Waals surface area (Å²) in [6.45, 7) is 7.84. The van der Waals surface area contributed by atoms with Crippen LogP contribution in [0.15, 0.2) is 0 Å². The molecule has 3 heteroatoms. The molecule has 1 saturated carbocycles. The van der Waals surface area contributed by atoms with Crippen LogP contribution in [-0.2, 0) is 4.74 Å². The summed E-state index contributed by atoms with van der Waals surface area (Å²) in [6, 6.07) is 1.57. The monoisotopic (exact) mass is 252 g/mol. The average Bonchev–Trinajstić information content (AvgIpc) is 2.69. The van der Waals surface area contributed by atoms with Gasteiger partial charge in [-0.1, -0.05) is 12.8 Å². The SMILES string of the molecule is C[C@@H]1CN(CC2CC3CCCCC3N2)C[C@H](C)O1. The molecule has 2 aliphatic heterocycles. The number of nitrogens with one attached hydrogen (secondary N) is 1. The maximum absolute atomic E-state index is 5.81. The molecule has 18 heavy (non-hydrogen) atoms. The molecule has 0 aromatic carbocycles. The Morgan fingerprint density at radius 2 is 1.83 bits per heavy atom. The molecule has 104 valence electrons. The highest BCUT2D eigenvalue weighted by molar-refractivity contribution is 4.94. The summed E-state index contributed by atoms with van der Waals surface area (Å²) in [4.78, 5) is 2.60. The molecular weight excluding hydrogens is 224 g/mol. The van der Waals surface area contributed by atoms with Crippen LogP contribution < -0.4 is 5.32 Å². The number of hydrogen-bond donors (Lipinski definition) is 1. The zero-order chi connectivity index (χ0) is 12.5. The van der Waals surface area contributed by atoms with Crippen LogP contribution in [0, 0.1) is 5.92 Å². The second kappa shape index (κ2) is 5.48. The summed E-state index contributed by atoms with van der Waals surface area (Å²) in [5, 5.41) is 3.89. The molecule has 1 aliphatic carbocycles. The van der Waals surface area contributed by atoms with Crippen molar-refractivity contribution in [1.82, 2.24) is 10.2 Å². The van der Waals surface area contributed by atoms with E-state index in [0.717, 1.165) is 31.1 Å². The van der Waals surface area contributed by atoms with Crippen LogP contribution in [0.2, 0.25) is 0 Å². The highest BCUT2D eigenvalue weighted by atomic mass is 16.5. The van der Waals surface area contributed by atoms with E-state index in [1.165, 1.54) is 38.6 Å². The van der Waals surface area contributed by atoms with Crippen molar-refractivity contribution in [3.63, 3.8) is 0 Å². The third-order valence-corrected chi connectivity index (χ3v) is 4.92. The second-order valence-corrected chi connectivity index (χ2v) is 6.73. The van der Waals surface area contributed by atoms with Gasteiger partial charge in [0, 0.05) is 31.7 Å². The van der Waals surface area contributed by atoms with E-state index in [9.17, 15) is 0 Å². The van der Waals surface area contributed by atoms with E-state index < -0.39 is 0 Å². The fourth-order valence-corrected chi connectivity index (χ4v) is 4.32. The van der Waals surface area contributed by atoms with Gasteiger partial charge in [-0.25, -0.2) is 0 Å². The van der Waals surface area contributed by atoms with Crippen molar-refractivity contribution in [3.05, 3.63) is 0 Å². The molecule has 2 saturated heterocycles. The van der Waals surface area contributed by atoms with Gasteiger partial charge in [-0.05, 0) is 39.0 Å². The average molecular weight is 252 g/mol. The number of fused-ring (bicyclic) bond motifs is 1. The topological polar surface area (TPSA) is 24.5 Å². The highest BCUT2D eigenvalue weighted by Gasteiger charge is 2.36. The van der Waals surface area contributed by atoms with E-state index >= 15 is 0 Å². The zero-order valence-corrected chi connectivity index (χ0v) is 11.9. The molecular formula is C15H28N2O. The lowest BCUT2D eigenvalue weighted by Gasteiger charge is -2.36. The first-order valence-electron chi connectivity index (χ1n) is 7.84. The van der Waals surface area contributed by atoms with Crippen molar-refractivity contribution in [2.75, 3.05) is 19.6 Å². The Bertz CT molecular complexity index is 260. The molecule has 0 bridgehead atoms. The van der Waals surface area contributed by atoms with Crippen LogP contribution in [0.25, 0.3) is 0 Å². The first kappa shape index (κ1) is 12.9. The summed E-state index contributed by atoms with van der Waals surface area (Å²) < 4.78 is 5.81. The number of rotatable bonds is 2. The molecule has 0 spiro atoms. The van der Waals surface area contributed by atoms with Gasteiger partial charge in [-0.2, -0.15) is 0 Å². The Labute approximate surface area is 111 Å². The molecule has 0 radical (unpaired) electrons. The first-order valence-corrected chi connectivity index (χ1v) is 7.84. The summed E-state index contributed by atoms with van der Waals surface area (Å²) >= 11 is 0. The Morgan fingerprint density at radius 1 is 1.11 bits per heavy atom. The van der Waals surface area contributed by atoms with E-state index in [1.807, 2.05) is 0 Å². The normalized spacial score (nSPS) is 46.0. The van der Waals surface area contributed by atoms with Gasteiger partial charge in [0.1, 0.15) is 0 Å². The molecule has 1 N–H and O–H groups in total. The van der Waals surface area contributed by atoms with Crippen LogP contribution in [-0.4, -0.2) is 48.8 Å². The quantitative estimate of drug-likeness (QED) is 0.814. The molecule has 3 aliphatic rings. The molecule has 5 atom stereocenters. The maximum Gasteiger partial charge on any atom is 0.0678 e. The molecule has 3 nitrogen and oxygen atoms in total. The van der Waals surface area contributed by atoms with Crippen LogP contribution in [0.3, 0.4) is 0 Å². The van der Waals surface area contributed by atoms with E-state index in [1.54, 1.807) is 0 Å². The van der Waals surface area contributed by atoms with Crippen molar-refractivity contribution >= 4 is 0 Å². The lowest BCUT2D eigenvalue weighted by atomic mass is 9.85. The summed E-state index contributed by atoms with van der Waals surface area (Å²) in [5.74, 6) is 0.972. The van der Waals surface area contributed by atoms with E-state index in [0.29, 0.717) is 12.2 Å². The second-order valence-electron chi connectivity index (χ2n) is 6.73. The summed E-state index contributed by atoms with van der Waals surface area (Å²) in [5.41, 5.74) is 0. The third-order valence-electron chi connectivity index (χ3n) is 4.92. The fourth-order valence-electron chi connectivity index (χ4n) is 4.32. The lowest BCUT2D eigenvalue weighted by Crippen LogP contribution is -2.49. The Hall–Kier alpha value is -0.120. The van der Waals surface area contributed by atoms with Gasteiger partial charge in [-0.15, -0.1) is 0 Å². The number of ether oxygens (including phenoxy) is 1. The Balaban J connectivity index is 1.51. The van der Waals surface area contributed by atoms with Gasteiger partial charge >= 0.3 is 0 Å². The molecule has 0 aromatic rings. The Morgan fingerprint density at radius 3 is 2.56 bits per heavy atom. The first-order chi connectivity index (χ1) is 8.70. The minimum atomic E-state index is 0.400. The maximum atomic E-state index is 5.81. The zero-order valence-electron chi connectivity index (χ0n) is 11.9. The molecule has 0 aromatic heterocycles. The van der Waals surface area contributed by atoms with Gasteiger partial charge in [0.15, 0.2) is 0 Å². The standard InChI is InChI=1S/C15H28N2O/c1-11-8-17(9-12(2)18-11)10-14-7-13-5-3-4-6-15(13)16-14/h11-16H,3-10H2,1-2H3/t11-,12+,13?,14?,15?. The molecule has 2 heterocycles.